The Balaban J connectivity index is 1.90. The SMILES string of the molecule is CCCOC(=O)Oc1c2c(c(O)c3ccc(CC)cc13)C1CCC2C1. The van der Waals surface area contributed by atoms with Gasteiger partial charge in [0.2, 0.25) is 0 Å². The summed E-state index contributed by atoms with van der Waals surface area (Å²) in [6.07, 6.45) is 4.23. The number of fused-ring (bicyclic) bond motifs is 6. The van der Waals surface area contributed by atoms with E-state index in [1.165, 1.54) is 0 Å². The molecule has 2 aromatic carbocycles. The van der Waals surface area contributed by atoms with Crippen molar-refractivity contribution in [2.45, 2.75) is 57.8 Å². The van der Waals surface area contributed by atoms with Crippen LogP contribution in [0.5, 0.6) is 11.5 Å². The molecule has 2 bridgehead atoms. The minimum Gasteiger partial charge on any atom is -0.507 e. The standard InChI is InChI=1S/C21H24O4/c1-3-9-24-21(23)25-20-16-10-12(4-2)5-8-15(16)19(22)17-13-6-7-14(11-13)18(17)20/h5,8,10,13-14,22H,3-4,6-7,9,11H2,1-2H3. The lowest BCUT2D eigenvalue weighted by atomic mass is 9.87. The molecule has 2 unspecified atom stereocenters. The van der Waals surface area contributed by atoms with E-state index in [1.807, 2.05) is 25.1 Å². The van der Waals surface area contributed by atoms with Crippen molar-refractivity contribution < 1.29 is 19.4 Å². The number of aromatic hydroxyl groups is 1. The van der Waals surface area contributed by atoms with Crippen LogP contribution >= 0.6 is 0 Å². The van der Waals surface area contributed by atoms with Crippen LogP contribution in [0, 0.1) is 0 Å². The van der Waals surface area contributed by atoms with E-state index in [9.17, 15) is 9.90 Å². The van der Waals surface area contributed by atoms with E-state index in [0.29, 0.717) is 29.9 Å². The Labute approximate surface area is 147 Å². The second kappa shape index (κ2) is 6.25. The minimum absolute atomic E-state index is 0.350. The first kappa shape index (κ1) is 16.2. The van der Waals surface area contributed by atoms with Crippen molar-refractivity contribution in [3.8, 4) is 11.5 Å². The molecule has 2 aliphatic carbocycles. The van der Waals surface area contributed by atoms with Gasteiger partial charge in [-0.25, -0.2) is 4.79 Å². The van der Waals surface area contributed by atoms with Crippen molar-refractivity contribution in [1.29, 1.82) is 0 Å². The monoisotopic (exact) mass is 340 g/mol. The maximum absolute atomic E-state index is 12.2. The fourth-order valence-corrected chi connectivity index (χ4v) is 4.48. The first-order chi connectivity index (χ1) is 12.1. The van der Waals surface area contributed by atoms with E-state index in [4.69, 9.17) is 9.47 Å². The van der Waals surface area contributed by atoms with E-state index < -0.39 is 6.16 Å². The zero-order chi connectivity index (χ0) is 17.6. The Bertz CT molecular complexity index is 840. The van der Waals surface area contributed by atoms with Gasteiger partial charge in [-0.3, -0.25) is 0 Å². The second-order valence-electron chi connectivity index (χ2n) is 7.15. The lowest BCUT2D eigenvalue weighted by Gasteiger charge is -2.22. The maximum Gasteiger partial charge on any atom is 0.513 e. The summed E-state index contributed by atoms with van der Waals surface area (Å²) < 4.78 is 10.9. The Morgan fingerprint density at radius 3 is 2.64 bits per heavy atom. The Morgan fingerprint density at radius 1 is 1.16 bits per heavy atom. The molecule has 25 heavy (non-hydrogen) atoms. The van der Waals surface area contributed by atoms with Crippen LogP contribution in [0.4, 0.5) is 4.79 Å². The molecule has 0 aromatic heterocycles. The third-order valence-corrected chi connectivity index (χ3v) is 5.64. The summed E-state index contributed by atoms with van der Waals surface area (Å²) in [7, 11) is 0. The number of ether oxygens (including phenoxy) is 2. The Morgan fingerprint density at radius 2 is 1.92 bits per heavy atom. The molecule has 1 saturated carbocycles. The number of phenols is 1. The molecule has 0 saturated heterocycles. The average molecular weight is 340 g/mol. The molecule has 0 aliphatic heterocycles. The molecule has 0 amide bonds. The first-order valence-corrected chi connectivity index (χ1v) is 9.29. The van der Waals surface area contributed by atoms with Gasteiger partial charge in [-0.1, -0.05) is 26.0 Å². The van der Waals surface area contributed by atoms with Gasteiger partial charge in [0.1, 0.15) is 11.5 Å². The van der Waals surface area contributed by atoms with Gasteiger partial charge < -0.3 is 14.6 Å². The highest BCUT2D eigenvalue weighted by Crippen LogP contribution is 2.60. The maximum atomic E-state index is 12.2. The molecule has 1 fully saturated rings. The summed E-state index contributed by atoms with van der Waals surface area (Å²) in [4.78, 5) is 12.2. The molecule has 4 nitrogen and oxygen atoms in total. The molecule has 4 rings (SSSR count). The third-order valence-electron chi connectivity index (χ3n) is 5.64. The van der Waals surface area contributed by atoms with Gasteiger partial charge in [0.25, 0.3) is 0 Å². The summed E-state index contributed by atoms with van der Waals surface area (Å²) in [5.41, 5.74) is 3.18. The fourth-order valence-electron chi connectivity index (χ4n) is 4.48. The first-order valence-electron chi connectivity index (χ1n) is 9.29. The summed E-state index contributed by atoms with van der Waals surface area (Å²) in [6.45, 7) is 4.39. The minimum atomic E-state index is -0.652. The Kier molecular flexibility index (Phi) is 4.06. The van der Waals surface area contributed by atoms with Gasteiger partial charge in [-0.05, 0) is 55.6 Å². The summed E-state index contributed by atoms with van der Waals surface area (Å²) in [6, 6.07) is 6.00. The van der Waals surface area contributed by atoms with Gasteiger partial charge in [0, 0.05) is 21.9 Å². The van der Waals surface area contributed by atoms with Crippen LogP contribution in [0.2, 0.25) is 0 Å². The van der Waals surface area contributed by atoms with Gasteiger partial charge in [-0.2, -0.15) is 0 Å². The smallest absolute Gasteiger partial charge is 0.507 e. The lowest BCUT2D eigenvalue weighted by molar-refractivity contribution is 0.0992. The summed E-state index contributed by atoms with van der Waals surface area (Å²) in [5.74, 6) is 1.72. The largest absolute Gasteiger partial charge is 0.513 e. The predicted octanol–water partition coefficient (Wildman–Crippen LogP) is 5.40. The van der Waals surface area contributed by atoms with E-state index >= 15 is 0 Å². The number of carbonyl (C=O) groups is 1. The van der Waals surface area contributed by atoms with Crippen LogP contribution in [-0.2, 0) is 11.2 Å². The molecule has 2 aromatic rings. The van der Waals surface area contributed by atoms with Crippen molar-refractivity contribution in [2.24, 2.45) is 0 Å². The van der Waals surface area contributed by atoms with E-state index in [1.54, 1.807) is 0 Å². The highest BCUT2D eigenvalue weighted by Gasteiger charge is 2.42. The quantitative estimate of drug-likeness (QED) is 0.598. The summed E-state index contributed by atoms with van der Waals surface area (Å²) >= 11 is 0. The van der Waals surface area contributed by atoms with Crippen molar-refractivity contribution >= 4 is 16.9 Å². The highest BCUT2D eigenvalue weighted by molar-refractivity contribution is 5.98. The molecule has 132 valence electrons. The molecule has 2 aliphatic rings. The van der Waals surface area contributed by atoms with Crippen LogP contribution in [0.15, 0.2) is 18.2 Å². The highest BCUT2D eigenvalue weighted by atomic mass is 16.7. The van der Waals surface area contributed by atoms with E-state index in [-0.39, 0.29) is 0 Å². The number of phenolic OH excluding ortho intramolecular Hbond substituents is 1. The van der Waals surface area contributed by atoms with Crippen molar-refractivity contribution in [3.63, 3.8) is 0 Å². The number of hydrogen-bond donors (Lipinski definition) is 1. The number of carbonyl (C=O) groups excluding carboxylic acids is 1. The van der Waals surface area contributed by atoms with Crippen LogP contribution in [0.3, 0.4) is 0 Å². The average Bonchev–Trinajstić information content (AvgIpc) is 3.24. The van der Waals surface area contributed by atoms with Crippen LogP contribution in [-0.4, -0.2) is 17.9 Å². The molecular formula is C21H24O4. The molecule has 1 N–H and O–H groups in total. The molecule has 0 spiro atoms. The van der Waals surface area contributed by atoms with Crippen LogP contribution in [0.25, 0.3) is 10.8 Å². The fraction of sp³-hybridized carbons (Fsp3) is 0.476. The molecule has 4 heteroatoms. The number of hydrogen-bond acceptors (Lipinski definition) is 4. The number of benzene rings is 2. The zero-order valence-electron chi connectivity index (χ0n) is 14.8. The van der Waals surface area contributed by atoms with Gasteiger partial charge >= 0.3 is 6.16 Å². The Hall–Kier alpha value is -2.23. The molecular weight excluding hydrogens is 316 g/mol. The van der Waals surface area contributed by atoms with Crippen molar-refractivity contribution in [1.82, 2.24) is 0 Å². The van der Waals surface area contributed by atoms with Crippen molar-refractivity contribution in [2.75, 3.05) is 6.61 Å². The lowest BCUT2D eigenvalue weighted by Crippen LogP contribution is -2.14. The van der Waals surface area contributed by atoms with Crippen LogP contribution in [0.1, 0.15) is 68.1 Å². The van der Waals surface area contributed by atoms with E-state index in [2.05, 4.69) is 6.92 Å². The summed E-state index contributed by atoms with van der Waals surface area (Å²) in [5, 5.41) is 12.5. The van der Waals surface area contributed by atoms with Gasteiger partial charge in [0.05, 0.1) is 6.61 Å². The third kappa shape index (κ3) is 2.55. The second-order valence-corrected chi connectivity index (χ2v) is 7.15. The van der Waals surface area contributed by atoms with Crippen molar-refractivity contribution in [3.05, 3.63) is 34.9 Å². The molecule has 0 heterocycles. The zero-order valence-corrected chi connectivity index (χ0v) is 14.8. The predicted molar refractivity (Wildman–Crippen MR) is 96.6 cm³/mol. The molecule has 2 atom stereocenters. The van der Waals surface area contributed by atoms with Gasteiger partial charge in [0.15, 0.2) is 0 Å². The van der Waals surface area contributed by atoms with Crippen LogP contribution < -0.4 is 4.74 Å². The normalized spacial score (nSPS) is 20.7. The molecule has 0 radical (unpaired) electrons. The topological polar surface area (TPSA) is 55.8 Å². The van der Waals surface area contributed by atoms with E-state index in [0.717, 1.165) is 59.6 Å². The number of rotatable bonds is 4. The number of aryl methyl sites for hydroxylation is 1. The van der Waals surface area contributed by atoms with Gasteiger partial charge in [-0.15, -0.1) is 0 Å².